The van der Waals surface area contributed by atoms with E-state index in [1.807, 2.05) is 36.1 Å². The van der Waals surface area contributed by atoms with Crippen molar-refractivity contribution in [1.82, 2.24) is 10.2 Å². The molecule has 0 aromatic heterocycles. The predicted molar refractivity (Wildman–Crippen MR) is 126 cm³/mol. The third kappa shape index (κ3) is 3.85. The van der Waals surface area contributed by atoms with Crippen LogP contribution in [-0.4, -0.2) is 36.3 Å². The molecule has 2 saturated heterocycles. The Labute approximate surface area is 195 Å². The summed E-state index contributed by atoms with van der Waals surface area (Å²) in [5, 5.41) is 3.01. The monoisotopic (exact) mass is 448 g/mol. The number of benzene rings is 2. The Morgan fingerprint density at radius 2 is 1.73 bits per heavy atom. The van der Waals surface area contributed by atoms with E-state index < -0.39 is 5.41 Å². The van der Waals surface area contributed by atoms with Crippen molar-refractivity contribution in [3.8, 4) is 0 Å². The molecule has 2 heterocycles. The van der Waals surface area contributed by atoms with Crippen LogP contribution in [-0.2, 0) is 15.0 Å². The summed E-state index contributed by atoms with van der Waals surface area (Å²) < 4.78 is 14.1. The first kappa shape index (κ1) is 22.1. The second-order valence-corrected chi connectivity index (χ2v) is 10.3. The number of piperidine rings is 2. The normalized spacial score (nSPS) is 24.0. The number of nitrogens with one attached hydrogen (secondary N) is 1. The average molecular weight is 449 g/mol. The SMILES string of the molecule is Cc1ccc(F)cc1[C@@H]1CNC(=O)CC12CCN(C(=O)C1(c3ccccc3)CCCC1)CC2. The first-order valence-corrected chi connectivity index (χ1v) is 12.3. The Morgan fingerprint density at radius 3 is 2.42 bits per heavy atom. The van der Waals surface area contributed by atoms with E-state index in [9.17, 15) is 14.0 Å². The fraction of sp³-hybridized carbons (Fsp3) is 0.500. The highest BCUT2D eigenvalue weighted by atomic mass is 19.1. The molecule has 2 aromatic carbocycles. The van der Waals surface area contributed by atoms with Gasteiger partial charge in [0, 0.05) is 32.0 Å². The third-order valence-electron chi connectivity index (χ3n) is 8.61. The van der Waals surface area contributed by atoms with Gasteiger partial charge in [-0.2, -0.15) is 0 Å². The number of halogens is 1. The zero-order chi connectivity index (χ0) is 23.1. The molecule has 3 aliphatic rings. The first-order valence-electron chi connectivity index (χ1n) is 12.3. The van der Waals surface area contributed by atoms with Crippen LogP contribution in [0.5, 0.6) is 0 Å². The fourth-order valence-electron chi connectivity index (χ4n) is 6.71. The highest BCUT2D eigenvalue weighted by Crippen LogP contribution is 2.51. The van der Waals surface area contributed by atoms with Crippen LogP contribution in [0.3, 0.4) is 0 Å². The standard InChI is InChI=1S/C28H33FN2O2/c1-20-9-10-22(29)17-23(20)24-19-30-25(32)18-27(24)13-15-31(16-14-27)26(33)28(11-5-6-12-28)21-7-3-2-4-8-21/h2-4,7-10,17,24H,5-6,11-16,18-19H2,1H3,(H,30,32)/t24-/m0/s1. The van der Waals surface area contributed by atoms with Crippen LogP contribution in [0, 0.1) is 18.2 Å². The second kappa shape index (κ2) is 8.58. The molecule has 1 atom stereocenters. The number of carbonyl (C=O) groups is 2. The number of hydrogen-bond donors (Lipinski definition) is 1. The van der Waals surface area contributed by atoms with E-state index in [-0.39, 0.29) is 29.0 Å². The molecule has 1 aliphatic carbocycles. The van der Waals surface area contributed by atoms with Gasteiger partial charge in [-0.05, 0) is 66.8 Å². The molecule has 1 spiro atoms. The highest BCUT2D eigenvalue weighted by molar-refractivity contribution is 5.89. The van der Waals surface area contributed by atoms with Crippen molar-refractivity contribution in [2.24, 2.45) is 5.41 Å². The van der Waals surface area contributed by atoms with Crippen LogP contribution in [0.4, 0.5) is 4.39 Å². The van der Waals surface area contributed by atoms with Gasteiger partial charge in [0.25, 0.3) is 0 Å². The van der Waals surface area contributed by atoms with E-state index in [1.165, 1.54) is 6.07 Å². The van der Waals surface area contributed by atoms with E-state index in [1.54, 1.807) is 6.07 Å². The number of hydrogen-bond acceptors (Lipinski definition) is 2. The summed E-state index contributed by atoms with van der Waals surface area (Å²) in [5.41, 5.74) is 2.55. The lowest BCUT2D eigenvalue weighted by Crippen LogP contribution is -2.55. The summed E-state index contributed by atoms with van der Waals surface area (Å²) in [7, 11) is 0. The largest absolute Gasteiger partial charge is 0.355 e. The van der Waals surface area contributed by atoms with Crippen molar-refractivity contribution < 1.29 is 14.0 Å². The zero-order valence-electron chi connectivity index (χ0n) is 19.4. The van der Waals surface area contributed by atoms with Crippen molar-refractivity contribution in [2.75, 3.05) is 19.6 Å². The van der Waals surface area contributed by atoms with E-state index in [0.29, 0.717) is 26.1 Å². The van der Waals surface area contributed by atoms with Crippen LogP contribution in [0.1, 0.15) is 67.6 Å². The maximum Gasteiger partial charge on any atom is 0.233 e. The lowest BCUT2D eigenvalue weighted by Gasteiger charge is -2.50. The molecule has 2 aromatic rings. The van der Waals surface area contributed by atoms with Crippen LogP contribution in [0.2, 0.25) is 0 Å². The summed E-state index contributed by atoms with van der Waals surface area (Å²) >= 11 is 0. The van der Waals surface area contributed by atoms with Gasteiger partial charge in [0.05, 0.1) is 5.41 Å². The number of nitrogens with zero attached hydrogens (tertiary/aromatic N) is 1. The number of amides is 2. The molecule has 0 radical (unpaired) electrons. The molecule has 2 amide bonds. The van der Waals surface area contributed by atoms with Gasteiger partial charge in [-0.1, -0.05) is 49.2 Å². The molecule has 5 rings (SSSR count). The molecule has 5 heteroatoms. The van der Waals surface area contributed by atoms with Gasteiger partial charge in [0.15, 0.2) is 0 Å². The minimum Gasteiger partial charge on any atom is -0.355 e. The van der Waals surface area contributed by atoms with E-state index in [0.717, 1.165) is 55.2 Å². The van der Waals surface area contributed by atoms with Crippen LogP contribution >= 0.6 is 0 Å². The third-order valence-corrected chi connectivity index (χ3v) is 8.61. The number of likely N-dealkylation sites (tertiary alicyclic amines) is 1. The topological polar surface area (TPSA) is 49.4 Å². The smallest absolute Gasteiger partial charge is 0.233 e. The molecule has 1 saturated carbocycles. The number of aryl methyl sites for hydroxylation is 1. The minimum absolute atomic E-state index is 0.0663. The van der Waals surface area contributed by atoms with Gasteiger partial charge < -0.3 is 10.2 Å². The van der Waals surface area contributed by atoms with Crippen molar-refractivity contribution >= 4 is 11.8 Å². The molecule has 33 heavy (non-hydrogen) atoms. The van der Waals surface area contributed by atoms with Crippen molar-refractivity contribution in [3.63, 3.8) is 0 Å². The van der Waals surface area contributed by atoms with E-state index >= 15 is 0 Å². The van der Waals surface area contributed by atoms with Gasteiger partial charge in [-0.15, -0.1) is 0 Å². The lowest BCUT2D eigenvalue weighted by atomic mass is 9.61. The van der Waals surface area contributed by atoms with Crippen LogP contribution in [0.15, 0.2) is 48.5 Å². The number of carbonyl (C=O) groups excluding carboxylic acids is 2. The van der Waals surface area contributed by atoms with E-state index in [2.05, 4.69) is 17.4 Å². The van der Waals surface area contributed by atoms with Gasteiger partial charge in [0.1, 0.15) is 5.82 Å². The van der Waals surface area contributed by atoms with Gasteiger partial charge in [-0.25, -0.2) is 4.39 Å². The quantitative estimate of drug-likeness (QED) is 0.729. The molecule has 0 unspecified atom stereocenters. The second-order valence-electron chi connectivity index (χ2n) is 10.3. The fourth-order valence-corrected chi connectivity index (χ4v) is 6.71. The summed E-state index contributed by atoms with van der Waals surface area (Å²) in [6.07, 6.45) is 5.98. The summed E-state index contributed by atoms with van der Waals surface area (Å²) in [6, 6.07) is 15.2. The lowest BCUT2D eigenvalue weighted by molar-refractivity contribution is -0.141. The summed E-state index contributed by atoms with van der Waals surface area (Å²) in [6.45, 7) is 3.86. The van der Waals surface area contributed by atoms with Gasteiger partial charge in [0.2, 0.25) is 11.8 Å². The highest BCUT2D eigenvalue weighted by Gasteiger charge is 2.50. The molecule has 3 fully saturated rings. The Bertz CT molecular complexity index is 1040. The van der Waals surface area contributed by atoms with Crippen molar-refractivity contribution in [2.45, 2.75) is 63.2 Å². The first-order chi connectivity index (χ1) is 15.9. The van der Waals surface area contributed by atoms with Gasteiger partial charge >= 0.3 is 0 Å². The Hall–Kier alpha value is -2.69. The molecular weight excluding hydrogens is 415 g/mol. The van der Waals surface area contributed by atoms with E-state index in [4.69, 9.17) is 0 Å². The van der Waals surface area contributed by atoms with Crippen molar-refractivity contribution in [3.05, 3.63) is 71.0 Å². The minimum atomic E-state index is -0.408. The summed E-state index contributed by atoms with van der Waals surface area (Å²) in [5.74, 6) is 0.149. The zero-order valence-corrected chi connectivity index (χ0v) is 19.4. The molecule has 174 valence electrons. The molecule has 1 N–H and O–H groups in total. The molecule has 4 nitrogen and oxygen atoms in total. The maximum absolute atomic E-state index is 14.1. The van der Waals surface area contributed by atoms with Gasteiger partial charge in [-0.3, -0.25) is 9.59 Å². The Morgan fingerprint density at radius 1 is 1.03 bits per heavy atom. The molecule has 2 aliphatic heterocycles. The molecular formula is C28H33FN2O2. The van der Waals surface area contributed by atoms with Crippen LogP contribution < -0.4 is 5.32 Å². The summed E-state index contributed by atoms with van der Waals surface area (Å²) in [4.78, 5) is 28.4. The average Bonchev–Trinajstić information content (AvgIpc) is 3.33. The van der Waals surface area contributed by atoms with Crippen molar-refractivity contribution in [1.29, 1.82) is 0 Å². The maximum atomic E-state index is 14.1. The molecule has 0 bridgehead atoms. The predicted octanol–water partition coefficient (Wildman–Crippen LogP) is 4.86. The Balaban J connectivity index is 1.40. The number of rotatable bonds is 3. The van der Waals surface area contributed by atoms with Crippen LogP contribution in [0.25, 0.3) is 0 Å². The Kier molecular flexibility index (Phi) is 5.75.